The van der Waals surface area contributed by atoms with Crippen molar-refractivity contribution in [3.05, 3.63) is 100.0 Å². The number of halogens is 2. The molecule has 2 N–H and O–H groups in total. The molecule has 0 bridgehead atoms. The predicted octanol–water partition coefficient (Wildman–Crippen LogP) is 6.84. The van der Waals surface area contributed by atoms with Crippen LogP contribution in [0.1, 0.15) is 29.1 Å². The third-order valence-electron chi connectivity index (χ3n) is 5.75. The lowest BCUT2D eigenvalue weighted by Crippen LogP contribution is -2.29. The fraction of sp³-hybridized carbons (Fsp3) is 0.120. The van der Waals surface area contributed by atoms with E-state index >= 15 is 0 Å². The van der Waals surface area contributed by atoms with Gasteiger partial charge in [-0.1, -0.05) is 41.4 Å². The molecule has 0 aliphatic carbocycles. The highest BCUT2D eigenvalue weighted by Crippen LogP contribution is 2.46. The van der Waals surface area contributed by atoms with Crippen molar-refractivity contribution >= 4 is 46.2 Å². The van der Waals surface area contributed by atoms with E-state index in [9.17, 15) is 5.11 Å². The number of benzene rings is 2. The van der Waals surface area contributed by atoms with Gasteiger partial charge in [-0.05, 0) is 73.2 Å². The summed E-state index contributed by atoms with van der Waals surface area (Å²) in [6.07, 6.45) is 1.74. The van der Waals surface area contributed by atoms with E-state index in [1.807, 2.05) is 60.4 Å². The molecule has 4 aromatic rings. The van der Waals surface area contributed by atoms with Gasteiger partial charge in [0.25, 0.3) is 0 Å². The highest BCUT2D eigenvalue weighted by molar-refractivity contribution is 7.80. The van der Waals surface area contributed by atoms with Crippen molar-refractivity contribution in [1.82, 2.24) is 10.3 Å². The fourth-order valence-corrected chi connectivity index (χ4v) is 4.80. The molecule has 0 unspecified atom stereocenters. The normalized spacial score (nSPS) is 17.9. The van der Waals surface area contributed by atoms with Gasteiger partial charge in [0.1, 0.15) is 23.3 Å². The van der Waals surface area contributed by atoms with Gasteiger partial charge in [0.05, 0.1) is 17.4 Å². The number of aromatic nitrogens is 1. The molecule has 2 atom stereocenters. The summed E-state index contributed by atoms with van der Waals surface area (Å²) in [4.78, 5) is 6.36. The number of pyridine rings is 1. The molecule has 5 nitrogen and oxygen atoms in total. The van der Waals surface area contributed by atoms with Gasteiger partial charge in [-0.15, -0.1) is 0 Å². The molecule has 1 aliphatic rings. The van der Waals surface area contributed by atoms with E-state index < -0.39 is 6.04 Å². The molecule has 1 saturated heterocycles. The second kappa shape index (κ2) is 8.71. The van der Waals surface area contributed by atoms with Crippen molar-refractivity contribution in [3.63, 3.8) is 0 Å². The lowest BCUT2D eigenvalue weighted by Gasteiger charge is -2.26. The zero-order valence-electron chi connectivity index (χ0n) is 17.5. The average molecular weight is 496 g/mol. The third kappa shape index (κ3) is 3.95. The maximum Gasteiger partial charge on any atom is 0.174 e. The summed E-state index contributed by atoms with van der Waals surface area (Å²) in [7, 11) is 0. The van der Waals surface area contributed by atoms with Gasteiger partial charge in [-0.25, -0.2) is 0 Å². The molecule has 0 saturated carbocycles. The molecule has 0 radical (unpaired) electrons. The molecule has 1 aliphatic heterocycles. The maximum absolute atomic E-state index is 10.6. The van der Waals surface area contributed by atoms with E-state index in [2.05, 4.69) is 10.3 Å². The van der Waals surface area contributed by atoms with Crippen LogP contribution in [0.4, 0.5) is 5.69 Å². The number of hydrogen-bond acceptors (Lipinski definition) is 4. The molecule has 33 heavy (non-hydrogen) atoms. The molecule has 2 aromatic heterocycles. The highest BCUT2D eigenvalue weighted by Gasteiger charge is 2.43. The van der Waals surface area contributed by atoms with Crippen molar-refractivity contribution in [2.24, 2.45) is 0 Å². The van der Waals surface area contributed by atoms with E-state index in [0.29, 0.717) is 32.4 Å². The predicted molar refractivity (Wildman–Crippen MR) is 135 cm³/mol. The Morgan fingerprint density at radius 1 is 1.06 bits per heavy atom. The van der Waals surface area contributed by atoms with Crippen molar-refractivity contribution in [2.75, 3.05) is 4.90 Å². The first-order chi connectivity index (χ1) is 15.9. The average Bonchev–Trinajstić information content (AvgIpc) is 3.42. The van der Waals surface area contributed by atoms with E-state index in [0.717, 1.165) is 16.8 Å². The Morgan fingerprint density at radius 3 is 2.70 bits per heavy atom. The van der Waals surface area contributed by atoms with Crippen LogP contribution in [0.5, 0.6) is 5.75 Å². The summed E-state index contributed by atoms with van der Waals surface area (Å²) < 4.78 is 6.37. The topological polar surface area (TPSA) is 61.5 Å². The molecular formula is C25H19Cl2N3O2S. The molecule has 5 rings (SSSR count). The largest absolute Gasteiger partial charge is 0.506 e. The van der Waals surface area contributed by atoms with E-state index in [4.69, 9.17) is 39.8 Å². The van der Waals surface area contributed by atoms with Crippen LogP contribution < -0.4 is 10.2 Å². The Hall–Kier alpha value is -3.06. The molecular weight excluding hydrogens is 477 g/mol. The zero-order chi connectivity index (χ0) is 23.1. The Balaban J connectivity index is 1.64. The third-order valence-corrected chi connectivity index (χ3v) is 6.71. The van der Waals surface area contributed by atoms with Crippen molar-refractivity contribution in [2.45, 2.75) is 19.0 Å². The van der Waals surface area contributed by atoms with Crippen LogP contribution in [0.2, 0.25) is 10.0 Å². The standard InChI is InChI=1S/C25H19Cl2N3O2S/c1-14-16(5-4-6-17(14)27)21-10-11-22(32-21)24-23(18-7-2-3-12-28-18)29-25(33)30(24)19-13-15(26)8-9-20(19)31/h2-13,23-24,31H,1H3,(H,29,33)/t23-,24-/m1/s1. The van der Waals surface area contributed by atoms with Crippen molar-refractivity contribution in [1.29, 1.82) is 0 Å². The lowest BCUT2D eigenvalue weighted by atomic mass is 10.0. The number of hydrogen-bond donors (Lipinski definition) is 2. The Labute approximate surface area is 206 Å². The van der Waals surface area contributed by atoms with Crippen molar-refractivity contribution in [3.8, 4) is 17.1 Å². The minimum atomic E-state index is -0.412. The van der Waals surface area contributed by atoms with Crippen LogP contribution in [-0.4, -0.2) is 15.2 Å². The van der Waals surface area contributed by atoms with Crippen LogP contribution in [-0.2, 0) is 0 Å². The van der Waals surface area contributed by atoms with Gasteiger partial charge >= 0.3 is 0 Å². The second-order valence-corrected chi connectivity index (χ2v) is 8.97. The SMILES string of the molecule is Cc1c(Cl)cccc1-c1ccc([C@@H]2[C@@H](c3ccccn3)NC(=S)N2c2cc(Cl)ccc2O)o1. The Bertz CT molecular complexity index is 1340. The quantitative estimate of drug-likeness (QED) is 0.302. The molecule has 166 valence electrons. The van der Waals surface area contributed by atoms with Crippen LogP contribution in [0.3, 0.4) is 0 Å². The van der Waals surface area contributed by atoms with Crippen molar-refractivity contribution < 1.29 is 9.52 Å². The number of phenolic OH excluding ortho intramolecular Hbond substituents is 1. The number of rotatable bonds is 4. The molecule has 0 spiro atoms. The first kappa shape index (κ1) is 21.8. The van der Waals surface area contributed by atoms with Gasteiger partial charge < -0.3 is 19.7 Å². The smallest absolute Gasteiger partial charge is 0.174 e. The highest BCUT2D eigenvalue weighted by atomic mass is 35.5. The van der Waals surface area contributed by atoms with Gasteiger partial charge in [0.2, 0.25) is 0 Å². The molecule has 1 fully saturated rings. The number of phenols is 1. The molecule has 2 aromatic carbocycles. The van der Waals surface area contributed by atoms with Gasteiger partial charge in [-0.2, -0.15) is 0 Å². The number of anilines is 1. The molecule has 0 amide bonds. The molecule has 3 heterocycles. The summed E-state index contributed by atoms with van der Waals surface area (Å²) >= 11 is 18.3. The maximum atomic E-state index is 10.6. The Kier molecular flexibility index (Phi) is 5.74. The van der Waals surface area contributed by atoms with Gasteiger partial charge in [0.15, 0.2) is 5.11 Å². The first-order valence-electron chi connectivity index (χ1n) is 10.3. The van der Waals surface area contributed by atoms with E-state index in [-0.39, 0.29) is 11.8 Å². The minimum Gasteiger partial charge on any atom is -0.506 e. The summed E-state index contributed by atoms with van der Waals surface area (Å²) in [5, 5.41) is 15.6. The summed E-state index contributed by atoms with van der Waals surface area (Å²) in [6, 6.07) is 19.4. The first-order valence-corrected chi connectivity index (χ1v) is 11.4. The van der Waals surface area contributed by atoms with Gasteiger partial charge in [-0.3, -0.25) is 4.98 Å². The van der Waals surface area contributed by atoms with Crippen LogP contribution >= 0.6 is 35.4 Å². The van der Waals surface area contributed by atoms with Crippen LogP contribution in [0.15, 0.2) is 77.3 Å². The summed E-state index contributed by atoms with van der Waals surface area (Å²) in [6.45, 7) is 1.96. The van der Waals surface area contributed by atoms with E-state index in [1.54, 1.807) is 24.4 Å². The van der Waals surface area contributed by atoms with Gasteiger partial charge in [0, 0.05) is 21.8 Å². The summed E-state index contributed by atoms with van der Waals surface area (Å²) in [5.74, 6) is 1.41. The molecule has 8 heteroatoms. The minimum absolute atomic E-state index is 0.0627. The number of nitrogens with zero attached hydrogens (tertiary/aromatic N) is 2. The zero-order valence-corrected chi connectivity index (χ0v) is 19.8. The number of thiocarbonyl (C=S) groups is 1. The lowest BCUT2D eigenvalue weighted by molar-refractivity contribution is 0.434. The van der Waals surface area contributed by atoms with E-state index in [1.165, 1.54) is 0 Å². The fourth-order valence-electron chi connectivity index (χ4n) is 4.12. The number of aromatic hydroxyl groups is 1. The monoisotopic (exact) mass is 495 g/mol. The van der Waals surface area contributed by atoms with Crippen LogP contribution in [0.25, 0.3) is 11.3 Å². The second-order valence-electron chi connectivity index (χ2n) is 7.74. The summed E-state index contributed by atoms with van der Waals surface area (Å²) in [5.41, 5.74) is 3.13. The Morgan fingerprint density at radius 2 is 1.91 bits per heavy atom. The van der Waals surface area contributed by atoms with Crippen LogP contribution in [0, 0.1) is 6.92 Å². The number of furan rings is 1. The number of nitrogens with one attached hydrogen (secondary N) is 1.